The largest absolute Gasteiger partial charge is 0.332 e. The number of rotatable bonds is 5. The summed E-state index contributed by atoms with van der Waals surface area (Å²) in [7, 11) is 1.58. The second-order valence-electron chi connectivity index (χ2n) is 8.57. The third kappa shape index (κ3) is 3.14. The summed E-state index contributed by atoms with van der Waals surface area (Å²) in [6, 6.07) is 18.7. The van der Waals surface area contributed by atoms with Gasteiger partial charge < -0.3 is 4.57 Å². The number of imidazole rings is 2. The second kappa shape index (κ2) is 7.98. The minimum Gasteiger partial charge on any atom is -0.307 e. The third-order valence-electron chi connectivity index (χ3n) is 6.63. The Bertz CT molecular complexity index is 1670. The van der Waals surface area contributed by atoms with Gasteiger partial charge in [0.2, 0.25) is 5.78 Å². The minimum atomic E-state index is -0.570. The van der Waals surface area contributed by atoms with Crippen molar-refractivity contribution in [3.8, 4) is 0 Å². The molecule has 3 aromatic heterocycles. The highest BCUT2D eigenvalue weighted by atomic mass is 16.2. The fraction of sp³-hybridized carbons (Fsp3) is 0.231. The fourth-order valence-corrected chi connectivity index (χ4v) is 4.62. The Labute approximate surface area is 195 Å². The zero-order valence-electron chi connectivity index (χ0n) is 19.5. The summed E-state index contributed by atoms with van der Waals surface area (Å²) in [5.41, 5.74) is 2.88. The van der Waals surface area contributed by atoms with E-state index in [1.807, 2.05) is 38.1 Å². The molecule has 5 aromatic rings. The van der Waals surface area contributed by atoms with Crippen molar-refractivity contribution >= 4 is 22.7 Å². The first-order chi connectivity index (χ1) is 16.3. The average Bonchev–Trinajstić information content (AvgIpc) is 3.36. The first-order valence-corrected chi connectivity index (χ1v) is 11.1. The van der Waals surface area contributed by atoms with E-state index in [2.05, 4.69) is 23.6 Å². The van der Waals surface area contributed by atoms with Crippen LogP contribution >= 0.6 is 0 Å². The molecule has 0 amide bonds. The molecule has 0 fully saturated rings. The summed E-state index contributed by atoms with van der Waals surface area (Å²) in [6.45, 7) is 5.67. The summed E-state index contributed by atoms with van der Waals surface area (Å²) in [5.74, 6) is 0.281. The van der Waals surface area contributed by atoms with Gasteiger partial charge in [-0.3, -0.25) is 23.1 Å². The van der Waals surface area contributed by atoms with Crippen LogP contribution in [-0.2, 0) is 13.6 Å². The van der Waals surface area contributed by atoms with Crippen molar-refractivity contribution in [2.75, 3.05) is 0 Å². The summed E-state index contributed by atoms with van der Waals surface area (Å²) in [6.07, 6.45) is 0. The lowest BCUT2D eigenvalue weighted by molar-refractivity contribution is 0.0969. The first kappa shape index (κ1) is 21.6. The van der Waals surface area contributed by atoms with Gasteiger partial charge in [0.05, 0.1) is 12.6 Å². The van der Waals surface area contributed by atoms with Gasteiger partial charge in [0, 0.05) is 24.0 Å². The standard InChI is InChI=1S/C26H25N5O3/c1-16-17(2)31-22-23(27-25(31)30(16)18(3)19-11-7-5-8-12-19)28(4)26(34)29(24(22)33)15-21(32)20-13-9-6-10-14-20/h5-14,18H,15H2,1-4H3/t18-/m0/s1. The number of aromatic nitrogens is 5. The maximum atomic E-state index is 13.6. The molecule has 0 unspecified atom stereocenters. The van der Waals surface area contributed by atoms with E-state index in [9.17, 15) is 14.4 Å². The Kier molecular flexibility index (Phi) is 5.08. The van der Waals surface area contributed by atoms with Gasteiger partial charge >= 0.3 is 5.69 Å². The topological polar surface area (TPSA) is 83.3 Å². The number of aryl methyl sites for hydroxylation is 2. The van der Waals surface area contributed by atoms with Crippen molar-refractivity contribution in [3.63, 3.8) is 0 Å². The molecule has 1 atom stereocenters. The maximum Gasteiger partial charge on any atom is 0.332 e. The van der Waals surface area contributed by atoms with Crippen molar-refractivity contribution in [1.29, 1.82) is 0 Å². The normalized spacial score (nSPS) is 12.5. The van der Waals surface area contributed by atoms with Crippen molar-refractivity contribution in [2.45, 2.75) is 33.4 Å². The molecule has 8 heteroatoms. The third-order valence-corrected chi connectivity index (χ3v) is 6.63. The second-order valence-corrected chi connectivity index (χ2v) is 8.57. The van der Waals surface area contributed by atoms with E-state index in [1.54, 1.807) is 35.7 Å². The van der Waals surface area contributed by atoms with Crippen LogP contribution in [0, 0.1) is 13.8 Å². The molecule has 34 heavy (non-hydrogen) atoms. The number of carbonyl (C=O) groups is 1. The SMILES string of the molecule is Cc1c(C)n2c3c(=O)n(CC(=O)c4ccccc4)c(=O)n(C)c3nc2n1[C@@H](C)c1ccccc1. The van der Waals surface area contributed by atoms with Crippen LogP contribution in [0.5, 0.6) is 0 Å². The number of ketones is 1. The lowest BCUT2D eigenvalue weighted by atomic mass is 10.1. The van der Waals surface area contributed by atoms with Crippen molar-refractivity contribution in [1.82, 2.24) is 23.1 Å². The van der Waals surface area contributed by atoms with E-state index in [0.717, 1.165) is 21.5 Å². The monoisotopic (exact) mass is 455 g/mol. The summed E-state index contributed by atoms with van der Waals surface area (Å²) in [4.78, 5) is 44.2. The number of carbonyl (C=O) groups excluding carboxylic acids is 1. The maximum absolute atomic E-state index is 13.6. The van der Waals surface area contributed by atoms with Crippen LogP contribution in [0.4, 0.5) is 0 Å². The predicted octanol–water partition coefficient (Wildman–Crippen LogP) is 3.26. The van der Waals surface area contributed by atoms with Gasteiger partial charge in [-0.1, -0.05) is 60.7 Å². The number of benzene rings is 2. The van der Waals surface area contributed by atoms with Crippen molar-refractivity contribution in [3.05, 3.63) is 104 Å². The van der Waals surface area contributed by atoms with Crippen LogP contribution in [0.25, 0.3) is 16.9 Å². The Morgan fingerprint density at radius 2 is 1.56 bits per heavy atom. The Morgan fingerprint density at radius 1 is 0.941 bits per heavy atom. The first-order valence-electron chi connectivity index (χ1n) is 11.1. The molecular weight excluding hydrogens is 430 g/mol. The Hall–Kier alpha value is -4.20. The van der Waals surface area contributed by atoms with E-state index < -0.39 is 11.2 Å². The number of Topliss-reactive ketones (excluding diaryl/α,β-unsaturated/α-hetero) is 1. The Balaban J connectivity index is 1.75. The summed E-state index contributed by atoms with van der Waals surface area (Å²) >= 11 is 0. The number of hydrogen-bond donors (Lipinski definition) is 0. The molecular formula is C26H25N5O3. The lowest BCUT2D eigenvalue weighted by Crippen LogP contribution is -2.41. The van der Waals surface area contributed by atoms with E-state index in [0.29, 0.717) is 17.0 Å². The molecule has 2 aromatic carbocycles. The molecule has 0 bridgehead atoms. The fourth-order valence-electron chi connectivity index (χ4n) is 4.62. The van der Waals surface area contributed by atoms with Gasteiger partial charge in [-0.2, -0.15) is 4.98 Å². The van der Waals surface area contributed by atoms with Gasteiger partial charge in [0.25, 0.3) is 5.56 Å². The Morgan fingerprint density at radius 3 is 2.21 bits per heavy atom. The minimum absolute atomic E-state index is 0.0341. The van der Waals surface area contributed by atoms with E-state index >= 15 is 0 Å². The average molecular weight is 456 g/mol. The van der Waals surface area contributed by atoms with Gasteiger partial charge in [-0.15, -0.1) is 0 Å². The zero-order valence-corrected chi connectivity index (χ0v) is 19.5. The van der Waals surface area contributed by atoms with E-state index in [1.165, 1.54) is 4.57 Å². The molecule has 0 saturated carbocycles. The number of hydrogen-bond acceptors (Lipinski definition) is 4. The smallest absolute Gasteiger partial charge is 0.307 e. The van der Waals surface area contributed by atoms with E-state index in [4.69, 9.17) is 4.98 Å². The number of nitrogens with zero attached hydrogens (tertiary/aromatic N) is 5. The van der Waals surface area contributed by atoms with Gasteiger partial charge in [-0.05, 0) is 26.3 Å². The molecule has 0 spiro atoms. The molecule has 0 aliphatic rings. The van der Waals surface area contributed by atoms with Crippen LogP contribution in [0.3, 0.4) is 0 Å². The molecule has 0 N–H and O–H groups in total. The summed E-state index contributed by atoms with van der Waals surface area (Å²) < 4.78 is 6.22. The number of fused-ring (bicyclic) bond motifs is 3. The zero-order chi connectivity index (χ0) is 24.1. The quantitative estimate of drug-likeness (QED) is 0.381. The summed E-state index contributed by atoms with van der Waals surface area (Å²) in [5, 5.41) is 0. The molecule has 3 heterocycles. The van der Waals surface area contributed by atoms with Crippen LogP contribution in [0.15, 0.2) is 70.3 Å². The predicted molar refractivity (Wildman–Crippen MR) is 131 cm³/mol. The molecule has 0 radical (unpaired) electrons. The van der Waals surface area contributed by atoms with Gasteiger partial charge in [0.1, 0.15) is 0 Å². The highest BCUT2D eigenvalue weighted by Gasteiger charge is 2.25. The molecule has 0 aliphatic heterocycles. The van der Waals surface area contributed by atoms with Crippen LogP contribution in [0.1, 0.15) is 40.3 Å². The van der Waals surface area contributed by atoms with Crippen LogP contribution in [0.2, 0.25) is 0 Å². The van der Waals surface area contributed by atoms with E-state index in [-0.39, 0.29) is 23.9 Å². The molecule has 5 rings (SSSR count). The highest BCUT2D eigenvalue weighted by molar-refractivity contribution is 5.96. The molecule has 0 saturated heterocycles. The lowest BCUT2D eigenvalue weighted by Gasteiger charge is -2.16. The van der Waals surface area contributed by atoms with Crippen LogP contribution in [-0.4, -0.2) is 28.9 Å². The highest BCUT2D eigenvalue weighted by Crippen LogP contribution is 2.27. The van der Waals surface area contributed by atoms with Gasteiger partial charge in [-0.25, -0.2) is 4.79 Å². The molecule has 0 aliphatic carbocycles. The van der Waals surface area contributed by atoms with Crippen LogP contribution < -0.4 is 11.2 Å². The molecule has 8 nitrogen and oxygen atoms in total. The molecule has 172 valence electrons. The van der Waals surface area contributed by atoms with Gasteiger partial charge in [0.15, 0.2) is 16.9 Å². The van der Waals surface area contributed by atoms with Crippen molar-refractivity contribution < 1.29 is 4.79 Å². The van der Waals surface area contributed by atoms with Crippen molar-refractivity contribution in [2.24, 2.45) is 7.05 Å².